The number of rotatable bonds is 9. The van der Waals surface area contributed by atoms with E-state index in [-0.39, 0.29) is 17.7 Å². The average Bonchev–Trinajstić information content (AvgIpc) is 3.03. The molecule has 7 nitrogen and oxygen atoms in total. The Bertz CT molecular complexity index is 920. The number of nitrogens with one attached hydrogen (secondary N) is 2. The van der Waals surface area contributed by atoms with Gasteiger partial charge in [-0.25, -0.2) is 18.1 Å². The van der Waals surface area contributed by atoms with E-state index in [9.17, 15) is 13.4 Å². The fraction of sp³-hybridized carbons (Fsp3) is 0.500. The summed E-state index contributed by atoms with van der Waals surface area (Å²) in [6.07, 6.45) is 6.30. The quantitative estimate of drug-likeness (QED) is 0.570. The molecule has 0 atom stereocenters. The first-order valence-electron chi connectivity index (χ1n) is 9.30. The van der Waals surface area contributed by atoms with Crippen LogP contribution in [0.2, 0.25) is 6.82 Å². The number of hydrogen-bond donors (Lipinski definition) is 3. The average molecular weight is 391 g/mol. The second kappa shape index (κ2) is 8.04. The van der Waals surface area contributed by atoms with Crippen molar-refractivity contribution >= 4 is 33.7 Å². The van der Waals surface area contributed by atoms with Gasteiger partial charge >= 0.3 is 7.12 Å². The molecule has 3 N–H and O–H groups in total. The summed E-state index contributed by atoms with van der Waals surface area (Å²) in [6.45, 7) is 7.76. The molecule has 9 heteroatoms. The number of hydrogen-bond acceptors (Lipinski definition) is 5. The van der Waals surface area contributed by atoms with Crippen LogP contribution in [0.5, 0.6) is 5.75 Å². The van der Waals surface area contributed by atoms with Gasteiger partial charge in [-0.3, -0.25) is 0 Å². The normalized spacial score (nSPS) is 19.7. The van der Waals surface area contributed by atoms with E-state index in [1.165, 1.54) is 6.82 Å². The van der Waals surface area contributed by atoms with Gasteiger partial charge in [0.25, 0.3) is 0 Å². The summed E-state index contributed by atoms with van der Waals surface area (Å²) in [6, 6.07) is 1.85. The van der Waals surface area contributed by atoms with Crippen molar-refractivity contribution < 1.29 is 18.1 Å². The minimum Gasteiger partial charge on any atom is -0.535 e. The highest BCUT2D eigenvalue weighted by Crippen LogP contribution is 2.43. The van der Waals surface area contributed by atoms with Gasteiger partial charge in [0.15, 0.2) is 0 Å². The molecule has 0 aromatic carbocycles. The van der Waals surface area contributed by atoms with Crippen molar-refractivity contribution in [1.82, 2.24) is 14.7 Å². The predicted octanol–water partition coefficient (Wildman–Crippen LogP) is 2.56. The summed E-state index contributed by atoms with van der Waals surface area (Å²) in [5, 5.41) is 10.5. The monoisotopic (exact) mass is 391 g/mol. The molecule has 27 heavy (non-hydrogen) atoms. The standard InChI is InChI=1S/C18H26BN3O4S/c1-4-5-8-27(24,25)22-14-9-13(10-14)12(2)17-15-6-7-20-18(15)21-11-16(17)26-19(3)23/h6-7,11,13-14,22-23H,2,4-5,8-10H2,1,3H3,(H,20,21). The van der Waals surface area contributed by atoms with E-state index in [0.29, 0.717) is 25.0 Å². The maximum atomic E-state index is 12.1. The summed E-state index contributed by atoms with van der Waals surface area (Å²) in [5.41, 5.74) is 2.42. The Balaban J connectivity index is 1.73. The number of sulfonamides is 1. The number of fused-ring (bicyclic) bond motifs is 1. The van der Waals surface area contributed by atoms with Crippen molar-refractivity contribution in [3.8, 4) is 5.75 Å². The maximum absolute atomic E-state index is 12.1. The largest absolute Gasteiger partial charge is 0.535 e. The van der Waals surface area contributed by atoms with Crippen LogP contribution in [-0.4, -0.2) is 42.3 Å². The Morgan fingerprint density at radius 3 is 2.93 bits per heavy atom. The van der Waals surface area contributed by atoms with Crippen LogP contribution in [0.15, 0.2) is 25.0 Å². The highest BCUT2D eigenvalue weighted by molar-refractivity contribution is 7.89. The van der Waals surface area contributed by atoms with Gasteiger partial charge in [-0.05, 0) is 43.6 Å². The van der Waals surface area contributed by atoms with Crippen molar-refractivity contribution in [1.29, 1.82) is 0 Å². The number of nitrogens with zero attached hydrogens (tertiary/aromatic N) is 1. The highest BCUT2D eigenvalue weighted by Gasteiger charge is 2.35. The first kappa shape index (κ1) is 19.9. The van der Waals surface area contributed by atoms with Crippen molar-refractivity contribution in [2.75, 3.05) is 5.75 Å². The van der Waals surface area contributed by atoms with Gasteiger partial charge in [0.1, 0.15) is 11.4 Å². The Morgan fingerprint density at radius 1 is 1.52 bits per heavy atom. The third-order valence-electron chi connectivity index (χ3n) is 4.91. The van der Waals surface area contributed by atoms with Crippen molar-refractivity contribution in [2.45, 2.75) is 45.5 Å². The van der Waals surface area contributed by atoms with E-state index in [4.69, 9.17) is 4.65 Å². The van der Waals surface area contributed by atoms with Crippen LogP contribution in [0, 0.1) is 5.92 Å². The molecule has 3 rings (SSSR count). The molecule has 0 amide bonds. The molecule has 1 saturated carbocycles. The first-order valence-corrected chi connectivity index (χ1v) is 11.0. The van der Waals surface area contributed by atoms with Crippen LogP contribution in [0.25, 0.3) is 16.6 Å². The van der Waals surface area contributed by atoms with Gasteiger partial charge in [0, 0.05) is 23.2 Å². The summed E-state index contributed by atoms with van der Waals surface area (Å²) < 4.78 is 32.4. The molecule has 0 spiro atoms. The lowest BCUT2D eigenvalue weighted by atomic mass is 9.74. The van der Waals surface area contributed by atoms with E-state index >= 15 is 0 Å². The van der Waals surface area contributed by atoms with Crippen LogP contribution >= 0.6 is 0 Å². The molecule has 1 aliphatic carbocycles. The van der Waals surface area contributed by atoms with Gasteiger partial charge in [-0.1, -0.05) is 19.9 Å². The molecular formula is C18H26BN3O4S. The third kappa shape index (κ3) is 4.53. The number of aromatic amines is 1. The van der Waals surface area contributed by atoms with E-state index in [0.717, 1.165) is 28.6 Å². The van der Waals surface area contributed by atoms with Crippen LogP contribution in [0.3, 0.4) is 0 Å². The SMILES string of the molecule is C=C(c1c(OB(C)O)cnc2[nH]ccc12)C1CC(NS(=O)(=O)CCCC)C1. The molecule has 1 fully saturated rings. The lowest BCUT2D eigenvalue weighted by Gasteiger charge is -2.37. The Labute approximate surface area is 160 Å². The maximum Gasteiger partial charge on any atom is 0.519 e. The lowest BCUT2D eigenvalue weighted by Crippen LogP contribution is -2.45. The topological polar surface area (TPSA) is 104 Å². The van der Waals surface area contributed by atoms with Crippen molar-refractivity contribution in [3.63, 3.8) is 0 Å². The number of unbranched alkanes of at least 4 members (excludes halogenated alkanes) is 1. The van der Waals surface area contributed by atoms with Gasteiger partial charge in [0.2, 0.25) is 10.0 Å². The number of aromatic nitrogens is 2. The van der Waals surface area contributed by atoms with E-state index in [2.05, 4.69) is 21.3 Å². The van der Waals surface area contributed by atoms with Crippen LogP contribution in [0.4, 0.5) is 0 Å². The lowest BCUT2D eigenvalue weighted by molar-refractivity contribution is 0.310. The van der Waals surface area contributed by atoms with Crippen LogP contribution in [-0.2, 0) is 10.0 Å². The van der Waals surface area contributed by atoms with Gasteiger partial charge in [-0.2, -0.15) is 0 Å². The molecule has 2 aromatic heterocycles. The molecule has 1 aliphatic rings. The number of pyridine rings is 1. The molecule has 0 aliphatic heterocycles. The van der Waals surface area contributed by atoms with Crippen molar-refractivity contribution in [2.24, 2.45) is 5.92 Å². The summed E-state index contributed by atoms with van der Waals surface area (Å²) in [7, 11) is -4.18. The first-order chi connectivity index (χ1) is 12.8. The van der Waals surface area contributed by atoms with Crippen LogP contribution < -0.4 is 9.38 Å². The zero-order valence-corrected chi connectivity index (χ0v) is 16.6. The van der Waals surface area contributed by atoms with E-state index < -0.39 is 17.1 Å². The molecule has 2 aromatic rings. The highest BCUT2D eigenvalue weighted by atomic mass is 32.2. The van der Waals surface area contributed by atoms with E-state index in [1.54, 1.807) is 12.4 Å². The zero-order valence-electron chi connectivity index (χ0n) is 15.7. The molecule has 0 radical (unpaired) electrons. The Hall–Kier alpha value is -1.84. The smallest absolute Gasteiger partial charge is 0.519 e. The summed E-state index contributed by atoms with van der Waals surface area (Å²) in [5.74, 6) is 0.807. The number of allylic oxidation sites excluding steroid dienone is 1. The molecule has 146 valence electrons. The predicted molar refractivity (Wildman–Crippen MR) is 108 cm³/mol. The van der Waals surface area contributed by atoms with Crippen molar-refractivity contribution in [3.05, 3.63) is 30.6 Å². The molecule has 0 unspecified atom stereocenters. The third-order valence-corrected chi connectivity index (χ3v) is 6.43. The Morgan fingerprint density at radius 2 is 2.26 bits per heavy atom. The second-order valence-electron chi connectivity index (χ2n) is 7.14. The minimum absolute atomic E-state index is 0.0571. The van der Waals surface area contributed by atoms with Gasteiger partial charge in [-0.15, -0.1) is 0 Å². The fourth-order valence-electron chi connectivity index (χ4n) is 3.44. The van der Waals surface area contributed by atoms with E-state index in [1.807, 2.05) is 13.0 Å². The fourth-order valence-corrected chi connectivity index (χ4v) is 4.93. The summed E-state index contributed by atoms with van der Waals surface area (Å²) >= 11 is 0. The minimum atomic E-state index is -3.22. The molecular weight excluding hydrogens is 365 g/mol. The van der Waals surface area contributed by atoms with Gasteiger partial charge < -0.3 is 14.7 Å². The Kier molecular flexibility index (Phi) is 5.93. The summed E-state index contributed by atoms with van der Waals surface area (Å²) in [4.78, 5) is 7.38. The molecule has 2 heterocycles. The van der Waals surface area contributed by atoms with Gasteiger partial charge in [0.05, 0.1) is 11.9 Å². The zero-order chi connectivity index (χ0) is 19.6. The van der Waals surface area contributed by atoms with Crippen LogP contribution in [0.1, 0.15) is 38.2 Å². The number of H-pyrrole nitrogens is 1. The molecule has 0 bridgehead atoms. The second-order valence-corrected chi connectivity index (χ2v) is 9.01. The molecule has 0 saturated heterocycles.